The maximum atomic E-state index is 14.4. The van der Waals surface area contributed by atoms with Crippen molar-refractivity contribution in [1.82, 2.24) is 14.9 Å². The molecule has 0 unspecified atom stereocenters. The SMILES string of the molecule is O=C1CC=C(OCc2ccccc2)c2[nH]c3c(c4c(c5c6cccc(OCc7ccccc7)c6[nH]c35)C(=O)N(COCc3ccccc3)C4)c21. The number of aromatic nitrogens is 2. The molecule has 0 bridgehead atoms. The number of rotatable bonds is 10. The standard InChI is InChI=1S/C42H33N3O5/c46-31-19-20-33(50-24-28-15-8-3-9-16-28)39-37(31)35-30-21-45(25-48-22-26-11-4-1-5-12-26)42(47)36(30)34-29-17-10-18-32(38(29)43-40(34)41(35)44-39)49-23-27-13-6-2-7-14-27/h1-18,20,43-44H,19,21-25H2. The molecule has 50 heavy (non-hydrogen) atoms. The minimum absolute atomic E-state index is 0.0194. The van der Waals surface area contributed by atoms with Crippen molar-refractivity contribution in [3.63, 3.8) is 0 Å². The number of carbonyl (C=O) groups is 2. The molecule has 5 aromatic carbocycles. The lowest BCUT2D eigenvalue weighted by Crippen LogP contribution is -2.26. The number of nitrogens with one attached hydrogen (secondary N) is 2. The number of hydrogen-bond donors (Lipinski definition) is 2. The summed E-state index contributed by atoms with van der Waals surface area (Å²) < 4.78 is 18.8. The van der Waals surface area contributed by atoms with Crippen LogP contribution in [0.25, 0.3) is 38.5 Å². The van der Waals surface area contributed by atoms with Crippen LogP contribution < -0.4 is 4.74 Å². The molecule has 1 amide bonds. The van der Waals surface area contributed by atoms with Crippen LogP contribution in [0.3, 0.4) is 0 Å². The van der Waals surface area contributed by atoms with Crippen molar-refractivity contribution in [2.24, 2.45) is 0 Å². The number of allylic oxidation sites excluding steroid dienone is 1. The minimum atomic E-state index is -0.134. The quantitative estimate of drug-likeness (QED) is 0.153. The zero-order valence-electron chi connectivity index (χ0n) is 27.2. The van der Waals surface area contributed by atoms with Gasteiger partial charge in [0.25, 0.3) is 5.91 Å². The molecule has 0 spiro atoms. The Morgan fingerprint density at radius 1 is 0.620 bits per heavy atom. The molecule has 3 heterocycles. The predicted molar refractivity (Wildman–Crippen MR) is 193 cm³/mol. The predicted octanol–water partition coefficient (Wildman–Crippen LogP) is 8.66. The molecule has 0 atom stereocenters. The number of hydrogen-bond acceptors (Lipinski definition) is 5. The average molecular weight is 660 g/mol. The summed E-state index contributed by atoms with van der Waals surface area (Å²) in [5, 5.41) is 2.42. The van der Waals surface area contributed by atoms with Crippen LogP contribution in [-0.4, -0.2) is 33.3 Å². The molecule has 0 radical (unpaired) electrons. The van der Waals surface area contributed by atoms with E-state index in [-0.39, 0.29) is 24.8 Å². The summed E-state index contributed by atoms with van der Waals surface area (Å²) in [6, 6.07) is 35.8. The number of benzene rings is 5. The van der Waals surface area contributed by atoms with E-state index in [4.69, 9.17) is 14.2 Å². The zero-order chi connectivity index (χ0) is 33.6. The van der Waals surface area contributed by atoms with E-state index in [0.29, 0.717) is 54.7 Å². The van der Waals surface area contributed by atoms with Crippen LogP contribution >= 0.6 is 0 Å². The molecule has 1 aliphatic carbocycles. The maximum Gasteiger partial charge on any atom is 0.257 e. The molecular weight excluding hydrogens is 626 g/mol. The maximum absolute atomic E-state index is 14.4. The fourth-order valence-electron chi connectivity index (χ4n) is 7.25. The van der Waals surface area contributed by atoms with E-state index >= 15 is 0 Å². The van der Waals surface area contributed by atoms with Crippen molar-refractivity contribution in [2.45, 2.75) is 32.8 Å². The number of ether oxygens (including phenoxy) is 3. The number of Topliss-reactive ketones (excluding diaryl/α,β-unsaturated/α-hetero) is 1. The zero-order valence-corrected chi connectivity index (χ0v) is 27.2. The Morgan fingerprint density at radius 2 is 1.26 bits per heavy atom. The highest BCUT2D eigenvalue weighted by Gasteiger charge is 2.38. The molecule has 246 valence electrons. The van der Waals surface area contributed by atoms with Crippen LogP contribution in [-0.2, 0) is 35.8 Å². The fourth-order valence-corrected chi connectivity index (χ4v) is 7.25. The van der Waals surface area contributed by atoms with Gasteiger partial charge in [-0.1, -0.05) is 103 Å². The second kappa shape index (κ2) is 12.4. The van der Waals surface area contributed by atoms with Crippen molar-refractivity contribution in [3.05, 3.63) is 154 Å². The number of carbonyl (C=O) groups excluding carboxylic acids is 2. The average Bonchev–Trinajstić information content (AvgIpc) is 3.84. The van der Waals surface area contributed by atoms with E-state index in [2.05, 4.69) is 9.97 Å². The Balaban J connectivity index is 1.18. The normalized spacial score (nSPS) is 14.0. The monoisotopic (exact) mass is 659 g/mol. The van der Waals surface area contributed by atoms with Gasteiger partial charge in [-0.2, -0.15) is 0 Å². The number of fused-ring (bicyclic) bond motifs is 10. The third kappa shape index (κ3) is 5.12. The molecule has 0 saturated carbocycles. The first-order valence-corrected chi connectivity index (χ1v) is 16.8. The lowest BCUT2D eigenvalue weighted by atomic mass is 9.92. The highest BCUT2D eigenvalue weighted by Crippen LogP contribution is 2.46. The molecule has 0 fully saturated rings. The summed E-state index contributed by atoms with van der Waals surface area (Å²) in [4.78, 5) is 37.1. The van der Waals surface area contributed by atoms with Gasteiger partial charge in [-0.15, -0.1) is 0 Å². The van der Waals surface area contributed by atoms with Gasteiger partial charge in [0.05, 0.1) is 40.0 Å². The van der Waals surface area contributed by atoms with Crippen molar-refractivity contribution in [1.29, 1.82) is 0 Å². The number of para-hydroxylation sites is 1. The second-order valence-electron chi connectivity index (χ2n) is 12.7. The molecule has 9 rings (SSSR count). The Bertz CT molecular complexity index is 2450. The lowest BCUT2D eigenvalue weighted by Gasteiger charge is -2.16. The first-order valence-electron chi connectivity index (χ1n) is 16.8. The van der Waals surface area contributed by atoms with Crippen molar-refractivity contribution < 1.29 is 23.8 Å². The summed E-state index contributed by atoms with van der Waals surface area (Å²) in [5.74, 6) is 1.15. The van der Waals surface area contributed by atoms with Gasteiger partial charge in [-0.25, -0.2) is 0 Å². The van der Waals surface area contributed by atoms with Gasteiger partial charge >= 0.3 is 0 Å². The number of H-pyrrole nitrogens is 2. The van der Waals surface area contributed by atoms with Crippen LogP contribution in [0.1, 0.15) is 55.1 Å². The van der Waals surface area contributed by atoms with Gasteiger partial charge in [0.15, 0.2) is 5.78 Å². The third-order valence-electron chi connectivity index (χ3n) is 9.58. The summed E-state index contributed by atoms with van der Waals surface area (Å²) in [5.41, 5.74) is 7.99. The van der Waals surface area contributed by atoms with Crippen molar-refractivity contribution in [3.8, 4) is 5.75 Å². The van der Waals surface area contributed by atoms with E-state index in [1.807, 2.05) is 115 Å². The van der Waals surface area contributed by atoms with E-state index < -0.39 is 0 Å². The molecule has 2 aliphatic rings. The summed E-state index contributed by atoms with van der Waals surface area (Å²) >= 11 is 0. The van der Waals surface area contributed by atoms with Crippen LogP contribution in [0, 0.1) is 0 Å². The fraction of sp³-hybridized carbons (Fsp3) is 0.143. The highest BCUT2D eigenvalue weighted by molar-refractivity contribution is 6.30. The van der Waals surface area contributed by atoms with Gasteiger partial charge in [-0.05, 0) is 34.4 Å². The van der Waals surface area contributed by atoms with Gasteiger partial charge in [0, 0.05) is 29.1 Å². The Hall–Kier alpha value is -6.12. The van der Waals surface area contributed by atoms with E-state index in [0.717, 1.165) is 55.0 Å². The second-order valence-corrected chi connectivity index (χ2v) is 12.7. The molecule has 8 nitrogen and oxygen atoms in total. The van der Waals surface area contributed by atoms with Gasteiger partial charge < -0.3 is 29.1 Å². The minimum Gasteiger partial charge on any atom is -0.487 e. The highest BCUT2D eigenvalue weighted by atomic mass is 16.5. The number of amides is 1. The summed E-state index contributed by atoms with van der Waals surface area (Å²) in [6.07, 6.45) is 2.05. The van der Waals surface area contributed by atoms with E-state index in [9.17, 15) is 9.59 Å². The van der Waals surface area contributed by atoms with Crippen LogP contribution in [0.4, 0.5) is 0 Å². The number of ketones is 1. The van der Waals surface area contributed by atoms with Crippen molar-refractivity contribution in [2.75, 3.05) is 6.73 Å². The smallest absolute Gasteiger partial charge is 0.257 e. The summed E-state index contributed by atoms with van der Waals surface area (Å²) in [7, 11) is 0. The van der Waals surface area contributed by atoms with Gasteiger partial charge in [0.1, 0.15) is 31.5 Å². The van der Waals surface area contributed by atoms with Crippen molar-refractivity contribution >= 4 is 50.2 Å². The molecular formula is C42H33N3O5. The molecule has 2 N–H and O–H groups in total. The molecule has 1 aliphatic heterocycles. The first kappa shape index (κ1) is 30.0. The molecule has 7 aromatic rings. The van der Waals surface area contributed by atoms with Crippen LogP contribution in [0.5, 0.6) is 5.75 Å². The third-order valence-corrected chi connectivity index (χ3v) is 9.58. The first-order chi connectivity index (χ1) is 24.6. The summed E-state index contributed by atoms with van der Waals surface area (Å²) in [6.45, 7) is 1.57. The van der Waals surface area contributed by atoms with E-state index in [1.165, 1.54) is 0 Å². The molecule has 0 saturated heterocycles. The largest absolute Gasteiger partial charge is 0.487 e. The number of aromatic amines is 2. The van der Waals surface area contributed by atoms with Crippen LogP contribution in [0.15, 0.2) is 115 Å². The molecule has 2 aromatic heterocycles. The topological polar surface area (TPSA) is 96.7 Å². The Labute approximate surface area is 287 Å². The number of nitrogens with zero attached hydrogens (tertiary/aromatic N) is 1. The van der Waals surface area contributed by atoms with Gasteiger partial charge in [0.2, 0.25) is 0 Å². The van der Waals surface area contributed by atoms with E-state index in [1.54, 1.807) is 4.90 Å². The van der Waals surface area contributed by atoms with Crippen LogP contribution in [0.2, 0.25) is 0 Å². The Kier molecular flexibility index (Phi) is 7.43. The lowest BCUT2D eigenvalue weighted by molar-refractivity contribution is 0.0189. The Morgan fingerprint density at radius 3 is 1.96 bits per heavy atom. The molecule has 8 heteroatoms. The van der Waals surface area contributed by atoms with Gasteiger partial charge in [-0.3, -0.25) is 9.59 Å².